The fourth-order valence-corrected chi connectivity index (χ4v) is 2.36. The maximum atomic E-state index is 10.7. The summed E-state index contributed by atoms with van der Waals surface area (Å²) in [6, 6.07) is 5.02. The lowest BCUT2D eigenvalue weighted by molar-refractivity contribution is 0.0686. The first kappa shape index (κ1) is 12.6. The summed E-state index contributed by atoms with van der Waals surface area (Å²) in [5.41, 5.74) is 1.53. The molecule has 1 aromatic carbocycles. The maximum Gasteiger partial charge on any atom is 0.358 e. The van der Waals surface area contributed by atoms with Crippen molar-refractivity contribution >= 4 is 21.9 Å². The van der Waals surface area contributed by atoms with Gasteiger partial charge in [0.05, 0.1) is 11.6 Å². The number of hydrogen-bond donors (Lipinski definition) is 1. The van der Waals surface area contributed by atoms with Crippen molar-refractivity contribution in [1.82, 2.24) is 5.16 Å². The minimum Gasteiger partial charge on any atom is -0.495 e. The van der Waals surface area contributed by atoms with E-state index < -0.39 is 5.97 Å². The Morgan fingerprint density at radius 1 is 1.44 bits per heavy atom. The van der Waals surface area contributed by atoms with Gasteiger partial charge in [-0.3, -0.25) is 0 Å². The lowest BCUT2D eigenvalue weighted by atomic mass is 10.1. The molecule has 0 saturated heterocycles. The molecule has 0 fully saturated rings. The van der Waals surface area contributed by atoms with Crippen LogP contribution in [0, 0.1) is 6.92 Å². The summed E-state index contributed by atoms with van der Waals surface area (Å²) in [4.78, 5) is 10.7. The monoisotopic (exact) mass is 311 g/mol. The third-order valence-corrected chi connectivity index (χ3v) is 3.04. The summed E-state index contributed by atoms with van der Waals surface area (Å²) < 4.78 is 11.0. The summed E-state index contributed by atoms with van der Waals surface area (Å²) in [5, 5.41) is 12.3. The van der Waals surface area contributed by atoms with Gasteiger partial charge in [0.25, 0.3) is 0 Å². The number of carboxylic acids is 1. The number of nitrogens with zero attached hydrogens (tertiary/aromatic N) is 1. The quantitative estimate of drug-likeness (QED) is 0.942. The summed E-state index contributed by atoms with van der Waals surface area (Å²) >= 11 is 3.39. The molecule has 0 aliphatic heterocycles. The molecule has 5 nitrogen and oxygen atoms in total. The van der Waals surface area contributed by atoms with Gasteiger partial charge in [-0.05, 0) is 40.5 Å². The molecule has 1 N–H and O–H groups in total. The number of aromatic carboxylic acids is 1. The van der Waals surface area contributed by atoms with Crippen molar-refractivity contribution in [2.24, 2.45) is 0 Å². The molecule has 0 unspecified atom stereocenters. The van der Waals surface area contributed by atoms with Crippen molar-refractivity contribution in [3.05, 3.63) is 33.9 Å². The number of carbonyl (C=O) groups is 1. The highest BCUT2D eigenvalue weighted by Crippen LogP contribution is 2.34. The van der Waals surface area contributed by atoms with Gasteiger partial charge in [0.1, 0.15) is 5.75 Å². The smallest absolute Gasteiger partial charge is 0.358 e. The summed E-state index contributed by atoms with van der Waals surface area (Å²) in [7, 11) is 1.59. The van der Waals surface area contributed by atoms with Crippen LogP contribution in [0.2, 0.25) is 0 Å². The highest BCUT2D eigenvalue weighted by Gasteiger charge is 2.14. The van der Waals surface area contributed by atoms with Gasteiger partial charge in [-0.25, -0.2) is 4.79 Å². The van der Waals surface area contributed by atoms with Crippen LogP contribution in [0.4, 0.5) is 0 Å². The van der Waals surface area contributed by atoms with Crippen molar-refractivity contribution < 1.29 is 19.2 Å². The SMILES string of the molecule is COc1c(C)cc(-c2cc(C(=O)O)no2)cc1Br. The van der Waals surface area contributed by atoms with Crippen LogP contribution < -0.4 is 4.74 Å². The standard InChI is InChI=1S/C12H10BrNO4/c1-6-3-7(4-8(13)11(6)17-2)10-5-9(12(15)16)14-18-10/h3-5H,1-2H3,(H,15,16). The van der Waals surface area contributed by atoms with Gasteiger partial charge in [-0.2, -0.15) is 0 Å². The third kappa shape index (κ3) is 2.24. The van der Waals surface area contributed by atoms with Gasteiger partial charge in [-0.15, -0.1) is 0 Å². The number of halogens is 1. The first-order valence-electron chi connectivity index (χ1n) is 5.07. The number of hydrogen-bond acceptors (Lipinski definition) is 4. The highest BCUT2D eigenvalue weighted by atomic mass is 79.9. The highest BCUT2D eigenvalue weighted by molar-refractivity contribution is 9.10. The average molecular weight is 312 g/mol. The molecule has 0 atom stereocenters. The Morgan fingerprint density at radius 3 is 2.67 bits per heavy atom. The van der Waals surface area contributed by atoms with Crippen molar-refractivity contribution in [1.29, 1.82) is 0 Å². The maximum absolute atomic E-state index is 10.7. The molecule has 18 heavy (non-hydrogen) atoms. The molecule has 0 amide bonds. The van der Waals surface area contributed by atoms with E-state index in [-0.39, 0.29) is 5.69 Å². The number of benzene rings is 1. The molecule has 2 rings (SSSR count). The second kappa shape index (κ2) is 4.81. The molecule has 2 aromatic rings. The Morgan fingerprint density at radius 2 is 2.17 bits per heavy atom. The van der Waals surface area contributed by atoms with Crippen molar-refractivity contribution in [2.45, 2.75) is 6.92 Å². The van der Waals surface area contributed by atoms with E-state index in [1.54, 1.807) is 13.2 Å². The van der Waals surface area contributed by atoms with Crippen molar-refractivity contribution in [2.75, 3.05) is 7.11 Å². The lowest BCUT2D eigenvalue weighted by Crippen LogP contribution is -1.94. The molecule has 1 heterocycles. The number of ether oxygens (including phenoxy) is 1. The van der Waals surface area contributed by atoms with Crippen LogP contribution in [-0.2, 0) is 0 Å². The molecule has 0 spiro atoms. The Balaban J connectivity index is 2.47. The molecular formula is C12H10BrNO4. The molecule has 0 bridgehead atoms. The minimum absolute atomic E-state index is 0.116. The second-order valence-corrected chi connectivity index (χ2v) is 4.54. The van der Waals surface area contributed by atoms with Crippen LogP contribution in [0.1, 0.15) is 16.1 Å². The van der Waals surface area contributed by atoms with Crippen LogP contribution >= 0.6 is 15.9 Å². The number of aryl methyl sites for hydroxylation is 1. The fourth-order valence-electron chi connectivity index (χ4n) is 1.64. The topological polar surface area (TPSA) is 72.6 Å². The van der Waals surface area contributed by atoms with Gasteiger partial charge < -0.3 is 14.4 Å². The zero-order valence-corrected chi connectivity index (χ0v) is 11.3. The Labute approximate surface area is 111 Å². The zero-order chi connectivity index (χ0) is 13.3. The lowest BCUT2D eigenvalue weighted by Gasteiger charge is -2.08. The van der Waals surface area contributed by atoms with E-state index in [1.165, 1.54) is 6.07 Å². The predicted molar refractivity (Wildman–Crippen MR) is 67.9 cm³/mol. The molecule has 0 aliphatic carbocycles. The van der Waals surface area contributed by atoms with E-state index >= 15 is 0 Å². The number of carboxylic acid groups (broad SMARTS) is 1. The number of aromatic nitrogens is 1. The van der Waals surface area contributed by atoms with Crippen molar-refractivity contribution in [3.8, 4) is 17.1 Å². The first-order valence-corrected chi connectivity index (χ1v) is 5.86. The summed E-state index contributed by atoms with van der Waals surface area (Å²) in [6.45, 7) is 1.89. The van der Waals surface area contributed by atoms with Crippen molar-refractivity contribution in [3.63, 3.8) is 0 Å². The van der Waals surface area contributed by atoms with E-state index in [2.05, 4.69) is 21.1 Å². The first-order chi connectivity index (χ1) is 8.52. The molecule has 0 saturated carbocycles. The van der Waals surface area contributed by atoms with Gasteiger partial charge in [0.2, 0.25) is 0 Å². The number of rotatable bonds is 3. The van der Waals surface area contributed by atoms with Gasteiger partial charge in [-0.1, -0.05) is 5.16 Å². The van der Waals surface area contributed by atoms with E-state index in [0.717, 1.165) is 21.3 Å². The molecule has 6 heteroatoms. The Hall–Kier alpha value is -1.82. The van der Waals surface area contributed by atoms with Crippen LogP contribution in [0.15, 0.2) is 27.2 Å². The van der Waals surface area contributed by atoms with Crippen LogP contribution in [0.25, 0.3) is 11.3 Å². The fraction of sp³-hybridized carbons (Fsp3) is 0.167. The zero-order valence-electron chi connectivity index (χ0n) is 9.73. The molecule has 0 aliphatic rings. The molecule has 1 aromatic heterocycles. The Bertz CT molecular complexity index is 583. The summed E-state index contributed by atoms with van der Waals surface area (Å²) in [6.07, 6.45) is 0. The normalized spacial score (nSPS) is 10.4. The van der Waals surface area contributed by atoms with Gasteiger partial charge in [0.15, 0.2) is 11.5 Å². The summed E-state index contributed by atoms with van der Waals surface area (Å²) in [5.74, 6) is 0.0184. The number of methoxy groups -OCH3 is 1. The van der Waals surface area contributed by atoms with Crippen LogP contribution in [0.3, 0.4) is 0 Å². The molecule has 94 valence electrons. The van der Waals surface area contributed by atoms with E-state index in [4.69, 9.17) is 14.4 Å². The van der Waals surface area contributed by atoms with Crippen LogP contribution in [-0.4, -0.2) is 23.3 Å². The second-order valence-electron chi connectivity index (χ2n) is 3.69. The average Bonchev–Trinajstić information content (AvgIpc) is 2.77. The predicted octanol–water partition coefficient (Wildman–Crippen LogP) is 3.12. The van der Waals surface area contributed by atoms with Gasteiger partial charge >= 0.3 is 5.97 Å². The van der Waals surface area contributed by atoms with E-state index in [1.807, 2.05) is 13.0 Å². The van der Waals surface area contributed by atoms with E-state index in [0.29, 0.717) is 5.76 Å². The largest absolute Gasteiger partial charge is 0.495 e. The third-order valence-electron chi connectivity index (χ3n) is 2.45. The molecule has 0 radical (unpaired) electrons. The van der Waals surface area contributed by atoms with E-state index in [9.17, 15) is 4.79 Å². The van der Waals surface area contributed by atoms with Crippen LogP contribution in [0.5, 0.6) is 5.75 Å². The Kier molecular flexibility index (Phi) is 3.38. The molecular weight excluding hydrogens is 302 g/mol. The van der Waals surface area contributed by atoms with Gasteiger partial charge in [0, 0.05) is 11.6 Å². The minimum atomic E-state index is -1.12.